The van der Waals surface area contributed by atoms with E-state index < -0.39 is 0 Å². The van der Waals surface area contributed by atoms with Crippen molar-refractivity contribution < 1.29 is 0 Å². The summed E-state index contributed by atoms with van der Waals surface area (Å²) in [5, 5.41) is 4.22. The maximum atomic E-state index is 12.3. The molecule has 0 atom stereocenters. The SMILES string of the molecule is CCc1ccc(-c2c(CC)ccc3[nH]c(=O)c4sccc4c23)cc1. The highest BCUT2D eigenvalue weighted by atomic mass is 32.1. The lowest BCUT2D eigenvalue weighted by atomic mass is 9.92. The van der Waals surface area contributed by atoms with Gasteiger partial charge in [-0.05, 0) is 52.6 Å². The van der Waals surface area contributed by atoms with Gasteiger partial charge in [0.05, 0.1) is 0 Å². The molecule has 120 valence electrons. The molecule has 2 nitrogen and oxygen atoms in total. The molecule has 2 aromatic carbocycles. The lowest BCUT2D eigenvalue weighted by Gasteiger charge is -2.14. The minimum Gasteiger partial charge on any atom is -0.321 e. The summed E-state index contributed by atoms with van der Waals surface area (Å²) in [6.07, 6.45) is 2.00. The molecule has 0 aliphatic carbocycles. The Balaban J connectivity index is 2.14. The Kier molecular flexibility index (Phi) is 3.73. The van der Waals surface area contributed by atoms with E-state index in [1.807, 2.05) is 11.4 Å². The first-order valence-electron chi connectivity index (χ1n) is 8.37. The van der Waals surface area contributed by atoms with E-state index in [1.165, 1.54) is 33.6 Å². The van der Waals surface area contributed by atoms with Gasteiger partial charge in [-0.1, -0.05) is 44.2 Å². The first-order chi connectivity index (χ1) is 11.7. The number of thiophene rings is 1. The van der Waals surface area contributed by atoms with Gasteiger partial charge in [0, 0.05) is 16.3 Å². The highest BCUT2D eigenvalue weighted by molar-refractivity contribution is 7.17. The molecule has 0 amide bonds. The molecular formula is C21H19NOS. The van der Waals surface area contributed by atoms with Crippen molar-refractivity contribution in [3.8, 4) is 11.1 Å². The van der Waals surface area contributed by atoms with Gasteiger partial charge < -0.3 is 4.98 Å². The van der Waals surface area contributed by atoms with Crippen LogP contribution >= 0.6 is 11.3 Å². The third-order valence-electron chi connectivity index (χ3n) is 4.71. The van der Waals surface area contributed by atoms with E-state index in [-0.39, 0.29) is 5.56 Å². The second-order valence-electron chi connectivity index (χ2n) is 6.04. The van der Waals surface area contributed by atoms with Crippen LogP contribution in [0.5, 0.6) is 0 Å². The highest BCUT2D eigenvalue weighted by Crippen LogP contribution is 2.36. The maximum Gasteiger partial charge on any atom is 0.266 e. The molecule has 4 aromatic rings. The van der Waals surface area contributed by atoms with Crippen LogP contribution < -0.4 is 5.56 Å². The van der Waals surface area contributed by atoms with E-state index >= 15 is 0 Å². The molecule has 1 N–H and O–H groups in total. The predicted molar refractivity (Wildman–Crippen MR) is 104 cm³/mol. The number of nitrogens with one attached hydrogen (secondary N) is 1. The van der Waals surface area contributed by atoms with Crippen LogP contribution in [0.4, 0.5) is 0 Å². The quantitative estimate of drug-likeness (QED) is 0.525. The zero-order valence-corrected chi connectivity index (χ0v) is 14.7. The Morgan fingerprint density at radius 2 is 1.75 bits per heavy atom. The molecule has 2 heterocycles. The van der Waals surface area contributed by atoms with Gasteiger partial charge in [-0.2, -0.15) is 0 Å². The molecule has 0 spiro atoms. The molecule has 0 unspecified atom stereocenters. The van der Waals surface area contributed by atoms with Crippen LogP contribution in [-0.2, 0) is 12.8 Å². The zero-order valence-electron chi connectivity index (χ0n) is 13.8. The second-order valence-corrected chi connectivity index (χ2v) is 6.96. The molecule has 0 fully saturated rings. The molecule has 4 rings (SSSR count). The largest absolute Gasteiger partial charge is 0.321 e. The molecule has 3 heteroatoms. The molecule has 0 radical (unpaired) electrons. The fourth-order valence-corrected chi connectivity index (χ4v) is 4.22. The van der Waals surface area contributed by atoms with Crippen LogP contribution in [0, 0.1) is 0 Å². The Morgan fingerprint density at radius 3 is 2.46 bits per heavy atom. The van der Waals surface area contributed by atoms with E-state index in [4.69, 9.17) is 0 Å². The molecule has 0 aliphatic heterocycles. The first kappa shape index (κ1) is 15.2. The summed E-state index contributed by atoms with van der Waals surface area (Å²) in [7, 11) is 0. The van der Waals surface area contributed by atoms with Crippen molar-refractivity contribution in [2.45, 2.75) is 26.7 Å². The number of aromatic amines is 1. The Hall–Kier alpha value is -2.39. The summed E-state index contributed by atoms with van der Waals surface area (Å²) in [5.41, 5.74) is 6.03. The van der Waals surface area contributed by atoms with E-state index in [1.54, 1.807) is 0 Å². The number of aryl methyl sites for hydroxylation is 2. The van der Waals surface area contributed by atoms with Gasteiger partial charge in [-0.3, -0.25) is 4.79 Å². The van der Waals surface area contributed by atoms with Gasteiger partial charge in [-0.15, -0.1) is 11.3 Å². The van der Waals surface area contributed by atoms with Crippen molar-refractivity contribution in [2.24, 2.45) is 0 Å². The fraction of sp³-hybridized carbons (Fsp3) is 0.190. The summed E-state index contributed by atoms with van der Waals surface area (Å²) in [4.78, 5) is 15.4. The van der Waals surface area contributed by atoms with Crippen LogP contribution in [0.15, 0.2) is 52.6 Å². The van der Waals surface area contributed by atoms with Crippen molar-refractivity contribution in [1.29, 1.82) is 0 Å². The van der Waals surface area contributed by atoms with Crippen molar-refractivity contribution in [2.75, 3.05) is 0 Å². The lowest BCUT2D eigenvalue weighted by molar-refractivity contribution is 1.13. The summed E-state index contributed by atoms with van der Waals surface area (Å²) >= 11 is 1.51. The lowest BCUT2D eigenvalue weighted by Crippen LogP contribution is -2.05. The minimum atomic E-state index is 0.00373. The Labute approximate surface area is 144 Å². The number of pyridine rings is 1. The highest BCUT2D eigenvalue weighted by Gasteiger charge is 2.14. The number of benzene rings is 2. The third-order valence-corrected chi connectivity index (χ3v) is 5.63. The van der Waals surface area contributed by atoms with Crippen LogP contribution in [-0.4, -0.2) is 4.98 Å². The smallest absolute Gasteiger partial charge is 0.266 e. The molecular weight excluding hydrogens is 314 g/mol. The molecule has 0 saturated carbocycles. The van der Waals surface area contributed by atoms with E-state index in [0.29, 0.717) is 0 Å². The number of rotatable bonds is 3. The van der Waals surface area contributed by atoms with Gasteiger partial charge >= 0.3 is 0 Å². The predicted octanol–water partition coefficient (Wildman–Crippen LogP) is 5.53. The second kappa shape index (κ2) is 5.91. The molecule has 0 bridgehead atoms. The number of aromatic nitrogens is 1. The molecule has 24 heavy (non-hydrogen) atoms. The number of hydrogen-bond donors (Lipinski definition) is 1. The standard InChI is InChI=1S/C21H19NOS/c1-3-13-5-7-15(8-6-13)18-14(4-2)9-10-17-19(18)16-11-12-24-20(16)21(23)22-17/h5-12H,3-4H2,1-2H3,(H,22,23). The van der Waals surface area contributed by atoms with Crippen LogP contribution in [0.2, 0.25) is 0 Å². The van der Waals surface area contributed by atoms with Crippen molar-refractivity contribution in [3.63, 3.8) is 0 Å². The molecule has 0 saturated heterocycles. The zero-order chi connectivity index (χ0) is 16.7. The Morgan fingerprint density at radius 1 is 0.958 bits per heavy atom. The minimum absolute atomic E-state index is 0.00373. The van der Waals surface area contributed by atoms with Crippen LogP contribution in [0.3, 0.4) is 0 Å². The maximum absolute atomic E-state index is 12.3. The molecule has 0 aliphatic rings. The number of fused-ring (bicyclic) bond motifs is 3. The van der Waals surface area contributed by atoms with Crippen molar-refractivity contribution >= 4 is 32.3 Å². The van der Waals surface area contributed by atoms with E-state index in [2.05, 4.69) is 55.2 Å². The topological polar surface area (TPSA) is 32.9 Å². The average molecular weight is 333 g/mol. The first-order valence-corrected chi connectivity index (χ1v) is 9.25. The van der Waals surface area contributed by atoms with Crippen molar-refractivity contribution in [3.05, 3.63) is 69.3 Å². The third kappa shape index (κ3) is 2.28. The van der Waals surface area contributed by atoms with Gasteiger partial charge in [0.25, 0.3) is 5.56 Å². The van der Waals surface area contributed by atoms with E-state index in [9.17, 15) is 4.79 Å². The Bertz CT molecular complexity index is 1090. The fourth-order valence-electron chi connectivity index (χ4n) is 3.42. The van der Waals surface area contributed by atoms with Gasteiger partial charge in [0.15, 0.2) is 0 Å². The number of hydrogen-bond acceptors (Lipinski definition) is 2. The van der Waals surface area contributed by atoms with E-state index in [0.717, 1.165) is 33.8 Å². The van der Waals surface area contributed by atoms with Gasteiger partial charge in [0.2, 0.25) is 0 Å². The van der Waals surface area contributed by atoms with Gasteiger partial charge in [0.1, 0.15) is 4.70 Å². The number of H-pyrrole nitrogens is 1. The van der Waals surface area contributed by atoms with Crippen molar-refractivity contribution in [1.82, 2.24) is 4.98 Å². The summed E-state index contributed by atoms with van der Waals surface area (Å²) < 4.78 is 0.808. The van der Waals surface area contributed by atoms with Gasteiger partial charge in [-0.25, -0.2) is 0 Å². The normalized spacial score (nSPS) is 11.4. The summed E-state index contributed by atoms with van der Waals surface area (Å²) in [5.74, 6) is 0. The monoisotopic (exact) mass is 333 g/mol. The van der Waals surface area contributed by atoms with Crippen LogP contribution in [0.1, 0.15) is 25.0 Å². The summed E-state index contributed by atoms with van der Waals surface area (Å²) in [6, 6.07) is 15.1. The molecule has 2 aromatic heterocycles. The van der Waals surface area contributed by atoms with Crippen LogP contribution in [0.25, 0.3) is 32.1 Å². The summed E-state index contributed by atoms with van der Waals surface area (Å²) in [6.45, 7) is 4.35. The average Bonchev–Trinajstić information content (AvgIpc) is 3.11.